The van der Waals surface area contributed by atoms with Crippen LogP contribution in [0.3, 0.4) is 0 Å². The van der Waals surface area contributed by atoms with Crippen LogP contribution in [0, 0.1) is 0 Å². The first kappa shape index (κ1) is 64.6. The minimum Gasteiger partial charge on any atom is -0.394 e. The first-order chi connectivity index (χ1) is 33.8. The number of carbonyl (C=O) groups is 1. The number of rotatable bonds is 48. The Bertz CT molecular complexity index is 1310. The Kier molecular flexibility index (Phi) is 46.1. The SMILES string of the molecule is CC/C=C\C/C=C\C/C=C\CCCCCCCCCC(=O)NC(COC1OC(CO)C(O)C(O)C1O)C(O)/C=C/CC/C=C/CC/C=C/CCCCCCCCCCCCCCCCCCCCC. The van der Waals surface area contributed by atoms with Gasteiger partial charge in [-0.2, -0.15) is 0 Å². The minimum atomic E-state index is -1.58. The highest BCUT2D eigenvalue weighted by Gasteiger charge is 2.44. The molecule has 0 aromatic rings. The van der Waals surface area contributed by atoms with Gasteiger partial charge in [-0.25, -0.2) is 0 Å². The summed E-state index contributed by atoms with van der Waals surface area (Å²) < 4.78 is 11.2. The van der Waals surface area contributed by atoms with Gasteiger partial charge in [0.25, 0.3) is 0 Å². The zero-order valence-electron chi connectivity index (χ0n) is 44.3. The summed E-state index contributed by atoms with van der Waals surface area (Å²) in [6, 6.07) is -0.838. The van der Waals surface area contributed by atoms with Crippen molar-refractivity contribution in [3.05, 3.63) is 72.9 Å². The molecule has 1 fully saturated rings. The third-order valence-corrected chi connectivity index (χ3v) is 13.2. The van der Waals surface area contributed by atoms with Crippen LogP contribution in [0.2, 0.25) is 0 Å². The maximum atomic E-state index is 13.0. The molecule has 69 heavy (non-hydrogen) atoms. The fourth-order valence-electron chi connectivity index (χ4n) is 8.73. The first-order valence-corrected chi connectivity index (χ1v) is 28.7. The minimum absolute atomic E-state index is 0.202. The molecular formula is C60H107NO8. The highest BCUT2D eigenvalue weighted by atomic mass is 16.7. The Morgan fingerprint density at radius 3 is 1.39 bits per heavy atom. The number of aliphatic hydroxyl groups excluding tert-OH is 5. The van der Waals surface area contributed by atoms with Crippen molar-refractivity contribution in [3.63, 3.8) is 0 Å². The molecule has 1 heterocycles. The van der Waals surface area contributed by atoms with Crippen molar-refractivity contribution in [2.45, 2.75) is 288 Å². The van der Waals surface area contributed by atoms with E-state index in [1.807, 2.05) is 6.08 Å². The summed E-state index contributed by atoms with van der Waals surface area (Å²) >= 11 is 0. The van der Waals surface area contributed by atoms with Crippen LogP contribution in [0.5, 0.6) is 0 Å². The van der Waals surface area contributed by atoms with Crippen LogP contribution < -0.4 is 5.32 Å². The van der Waals surface area contributed by atoms with E-state index in [4.69, 9.17) is 9.47 Å². The second kappa shape index (κ2) is 49.2. The zero-order chi connectivity index (χ0) is 50.1. The monoisotopic (exact) mass is 970 g/mol. The van der Waals surface area contributed by atoms with E-state index < -0.39 is 49.5 Å². The summed E-state index contributed by atoms with van der Waals surface area (Å²) in [5.74, 6) is -0.202. The van der Waals surface area contributed by atoms with Gasteiger partial charge in [-0.1, -0.05) is 234 Å². The van der Waals surface area contributed by atoms with E-state index in [2.05, 4.69) is 79.9 Å². The van der Waals surface area contributed by atoms with Gasteiger partial charge in [0.2, 0.25) is 5.91 Å². The average molecular weight is 971 g/mol. The summed E-state index contributed by atoms with van der Waals surface area (Å²) in [5.41, 5.74) is 0. The lowest BCUT2D eigenvalue weighted by Crippen LogP contribution is -2.60. The number of carbonyl (C=O) groups excluding carboxylic acids is 1. The van der Waals surface area contributed by atoms with Gasteiger partial charge in [0.05, 0.1) is 25.4 Å². The number of ether oxygens (including phenoxy) is 2. The average Bonchev–Trinajstić information content (AvgIpc) is 3.35. The predicted molar refractivity (Wildman–Crippen MR) is 290 cm³/mol. The summed E-state index contributed by atoms with van der Waals surface area (Å²) in [5, 5.41) is 54.4. The lowest BCUT2D eigenvalue weighted by atomic mass is 9.99. The molecule has 9 nitrogen and oxygen atoms in total. The Morgan fingerprint density at radius 1 is 0.507 bits per heavy atom. The van der Waals surface area contributed by atoms with Crippen LogP contribution in [0.15, 0.2) is 72.9 Å². The number of hydrogen-bond acceptors (Lipinski definition) is 8. The number of aliphatic hydroxyl groups is 5. The lowest BCUT2D eigenvalue weighted by molar-refractivity contribution is -0.302. The molecule has 400 valence electrons. The number of nitrogens with one attached hydrogen (secondary N) is 1. The van der Waals surface area contributed by atoms with Gasteiger partial charge in [0.1, 0.15) is 24.4 Å². The summed E-state index contributed by atoms with van der Waals surface area (Å²) in [6.45, 7) is 3.65. The fraction of sp³-hybridized carbons (Fsp3) is 0.783. The topological polar surface area (TPSA) is 149 Å². The van der Waals surface area contributed by atoms with E-state index in [9.17, 15) is 30.3 Å². The Balaban J connectivity index is 2.25. The van der Waals surface area contributed by atoms with Crippen molar-refractivity contribution in [1.29, 1.82) is 0 Å². The molecule has 0 aromatic heterocycles. The molecule has 1 aliphatic rings. The van der Waals surface area contributed by atoms with E-state index in [0.29, 0.717) is 6.42 Å². The molecule has 0 spiro atoms. The van der Waals surface area contributed by atoms with Gasteiger partial charge < -0.3 is 40.3 Å². The third-order valence-electron chi connectivity index (χ3n) is 13.2. The first-order valence-electron chi connectivity index (χ1n) is 28.7. The molecule has 0 aliphatic carbocycles. The van der Waals surface area contributed by atoms with Crippen LogP contribution >= 0.6 is 0 Å². The smallest absolute Gasteiger partial charge is 0.220 e. The van der Waals surface area contributed by atoms with Crippen LogP contribution in [-0.4, -0.2) is 87.5 Å². The van der Waals surface area contributed by atoms with Crippen LogP contribution in [0.25, 0.3) is 0 Å². The Morgan fingerprint density at radius 2 is 0.913 bits per heavy atom. The second-order valence-corrected chi connectivity index (χ2v) is 19.7. The predicted octanol–water partition coefficient (Wildman–Crippen LogP) is 14.1. The van der Waals surface area contributed by atoms with Crippen molar-refractivity contribution >= 4 is 5.91 Å². The molecule has 1 aliphatic heterocycles. The molecular weight excluding hydrogens is 863 g/mol. The highest BCUT2D eigenvalue weighted by Crippen LogP contribution is 2.23. The lowest BCUT2D eigenvalue weighted by Gasteiger charge is -2.40. The van der Waals surface area contributed by atoms with Gasteiger partial charge >= 0.3 is 0 Å². The van der Waals surface area contributed by atoms with E-state index in [1.54, 1.807) is 6.08 Å². The molecule has 9 heteroatoms. The normalized spacial score (nSPS) is 20.0. The van der Waals surface area contributed by atoms with Crippen molar-refractivity contribution in [1.82, 2.24) is 5.32 Å². The quantitative estimate of drug-likeness (QED) is 0.0261. The molecule has 1 rings (SSSR count). The number of amides is 1. The molecule has 1 saturated heterocycles. The Labute approximate surface area is 423 Å². The van der Waals surface area contributed by atoms with Crippen molar-refractivity contribution < 1.29 is 39.8 Å². The summed E-state index contributed by atoms with van der Waals surface area (Å²) in [4.78, 5) is 13.0. The summed E-state index contributed by atoms with van der Waals surface area (Å²) in [6.07, 6.45) is 61.2. The van der Waals surface area contributed by atoms with E-state index in [1.165, 1.54) is 148 Å². The van der Waals surface area contributed by atoms with Crippen LogP contribution in [0.1, 0.15) is 245 Å². The molecule has 1 amide bonds. The molecule has 6 N–H and O–H groups in total. The van der Waals surface area contributed by atoms with Gasteiger partial charge in [-0.15, -0.1) is 0 Å². The second-order valence-electron chi connectivity index (χ2n) is 19.7. The molecule has 7 unspecified atom stereocenters. The zero-order valence-corrected chi connectivity index (χ0v) is 44.3. The highest BCUT2D eigenvalue weighted by molar-refractivity contribution is 5.76. The molecule has 7 atom stereocenters. The molecule has 0 bridgehead atoms. The van der Waals surface area contributed by atoms with Crippen molar-refractivity contribution in [2.75, 3.05) is 13.2 Å². The number of hydrogen-bond donors (Lipinski definition) is 6. The fourth-order valence-corrected chi connectivity index (χ4v) is 8.73. The number of unbranched alkanes of at least 4 members (excludes halogenated alkanes) is 28. The maximum Gasteiger partial charge on any atom is 0.220 e. The van der Waals surface area contributed by atoms with Crippen molar-refractivity contribution in [2.24, 2.45) is 0 Å². The number of allylic oxidation sites excluding steroid dienone is 11. The van der Waals surface area contributed by atoms with E-state index in [0.717, 1.165) is 77.0 Å². The largest absolute Gasteiger partial charge is 0.394 e. The maximum absolute atomic E-state index is 13.0. The Hall–Kier alpha value is -2.37. The van der Waals surface area contributed by atoms with Crippen molar-refractivity contribution in [3.8, 4) is 0 Å². The van der Waals surface area contributed by atoms with Gasteiger partial charge in [-0.05, 0) is 77.0 Å². The third kappa shape index (κ3) is 38.9. The van der Waals surface area contributed by atoms with Crippen LogP contribution in [-0.2, 0) is 14.3 Å². The van der Waals surface area contributed by atoms with Crippen LogP contribution in [0.4, 0.5) is 0 Å². The van der Waals surface area contributed by atoms with Gasteiger partial charge in [-0.3, -0.25) is 4.79 Å². The molecule has 0 saturated carbocycles. The van der Waals surface area contributed by atoms with E-state index >= 15 is 0 Å². The molecule has 0 radical (unpaired) electrons. The van der Waals surface area contributed by atoms with E-state index in [-0.39, 0.29) is 12.5 Å². The van der Waals surface area contributed by atoms with Gasteiger partial charge in [0, 0.05) is 6.42 Å². The van der Waals surface area contributed by atoms with Gasteiger partial charge in [0.15, 0.2) is 6.29 Å². The standard InChI is InChI=1S/C60H107NO8/c1-3-5-7-9-11-13-15-17-19-21-22-23-24-25-26-27-28-29-30-31-32-34-35-37-39-41-43-45-47-49-54(63)53(52-68-60-59(67)58(66)57(65)55(51-62)69-60)61-56(64)50-48-46-44-42-40-38-36-33-20-18-16-14-12-10-8-6-4-2/h6,8,12,14,18,20,32,34,39,41,47,49,53-55,57-60,62-63,65-67H,3-5,7,9-11,13,15-17,19,21-31,33,35-38,40,42-46,48,50-52H2,1-2H3,(H,61,64)/b8-6-,14-12-,20-18-,34-32+,41-39+,49-47+. The molecule has 0 aromatic carbocycles. The summed E-state index contributed by atoms with van der Waals surface area (Å²) in [7, 11) is 0.